The van der Waals surface area contributed by atoms with Gasteiger partial charge in [-0.05, 0) is 39.8 Å². The average Bonchev–Trinajstić information content (AvgIpc) is 2.12. The summed E-state index contributed by atoms with van der Waals surface area (Å²) in [6, 6.07) is 1.33. The van der Waals surface area contributed by atoms with Gasteiger partial charge in [-0.3, -0.25) is 0 Å². The minimum Gasteiger partial charge on any atom is -0.316 e. The van der Waals surface area contributed by atoms with Crippen molar-refractivity contribution in [2.24, 2.45) is 5.92 Å². The fourth-order valence-corrected chi connectivity index (χ4v) is 1.81. The van der Waals surface area contributed by atoms with E-state index in [1.807, 2.05) is 0 Å². The van der Waals surface area contributed by atoms with Crippen molar-refractivity contribution in [1.29, 1.82) is 0 Å². The molecule has 14 heavy (non-hydrogen) atoms. The Morgan fingerprint density at radius 2 is 1.79 bits per heavy atom. The quantitative estimate of drug-likeness (QED) is 0.678. The van der Waals surface area contributed by atoms with Crippen molar-refractivity contribution in [2.45, 2.75) is 52.6 Å². The van der Waals surface area contributed by atoms with Crippen LogP contribution in [0.3, 0.4) is 0 Å². The highest BCUT2D eigenvalue weighted by molar-refractivity contribution is 4.72. The van der Waals surface area contributed by atoms with Crippen LogP contribution in [0.2, 0.25) is 0 Å². The predicted molar refractivity (Wildman–Crippen MR) is 64.7 cm³/mol. The number of nitrogens with one attached hydrogen (secondary N) is 1. The first-order valence-corrected chi connectivity index (χ1v) is 5.88. The largest absolute Gasteiger partial charge is 0.316 e. The van der Waals surface area contributed by atoms with E-state index in [-0.39, 0.29) is 0 Å². The van der Waals surface area contributed by atoms with E-state index in [0.29, 0.717) is 12.1 Å². The third-order valence-electron chi connectivity index (χ3n) is 2.97. The van der Waals surface area contributed by atoms with Crippen LogP contribution in [0.1, 0.15) is 40.5 Å². The van der Waals surface area contributed by atoms with Crippen molar-refractivity contribution in [2.75, 3.05) is 20.6 Å². The lowest BCUT2D eigenvalue weighted by Gasteiger charge is -2.29. The topological polar surface area (TPSA) is 15.3 Å². The molecule has 0 aromatic heterocycles. The van der Waals surface area contributed by atoms with E-state index in [9.17, 15) is 0 Å². The highest BCUT2D eigenvalue weighted by Gasteiger charge is 2.13. The van der Waals surface area contributed by atoms with E-state index in [1.165, 1.54) is 12.8 Å². The summed E-state index contributed by atoms with van der Waals surface area (Å²) in [6.07, 6.45) is 2.49. The monoisotopic (exact) mass is 200 g/mol. The smallest absolute Gasteiger partial charge is 0.0189 e. The second kappa shape index (κ2) is 7.24. The second-order valence-electron chi connectivity index (χ2n) is 4.81. The average molecular weight is 200 g/mol. The van der Waals surface area contributed by atoms with Crippen LogP contribution >= 0.6 is 0 Å². The van der Waals surface area contributed by atoms with Crippen LogP contribution < -0.4 is 5.32 Å². The van der Waals surface area contributed by atoms with Gasteiger partial charge in [0.05, 0.1) is 0 Å². The van der Waals surface area contributed by atoms with Gasteiger partial charge in [-0.1, -0.05) is 20.8 Å². The summed E-state index contributed by atoms with van der Waals surface area (Å²) in [5, 5.41) is 3.35. The SMILES string of the molecule is CCC(CN(C)C(C)CC(C)C)NC. The molecule has 0 fully saturated rings. The molecule has 0 aromatic carbocycles. The van der Waals surface area contributed by atoms with Crippen LogP contribution in [0.15, 0.2) is 0 Å². The van der Waals surface area contributed by atoms with E-state index in [2.05, 4.69) is 52.0 Å². The van der Waals surface area contributed by atoms with E-state index in [4.69, 9.17) is 0 Å². The fraction of sp³-hybridized carbons (Fsp3) is 1.00. The van der Waals surface area contributed by atoms with Gasteiger partial charge in [0.1, 0.15) is 0 Å². The molecule has 0 saturated carbocycles. The molecule has 0 aliphatic rings. The molecule has 2 atom stereocenters. The summed E-state index contributed by atoms with van der Waals surface area (Å²) in [5.74, 6) is 0.794. The molecule has 2 unspecified atom stereocenters. The normalized spacial score (nSPS) is 16.3. The lowest BCUT2D eigenvalue weighted by atomic mass is 10.0. The Kier molecular flexibility index (Phi) is 7.20. The van der Waals surface area contributed by atoms with E-state index in [1.54, 1.807) is 0 Å². The Labute approximate surface area is 90.1 Å². The summed E-state index contributed by atoms with van der Waals surface area (Å²) in [6.45, 7) is 10.3. The van der Waals surface area contributed by atoms with Gasteiger partial charge in [0.2, 0.25) is 0 Å². The second-order valence-corrected chi connectivity index (χ2v) is 4.81. The molecule has 86 valence electrons. The van der Waals surface area contributed by atoms with Gasteiger partial charge in [-0.25, -0.2) is 0 Å². The first kappa shape index (κ1) is 13.9. The maximum absolute atomic E-state index is 3.35. The molecule has 0 heterocycles. The van der Waals surface area contributed by atoms with Gasteiger partial charge in [-0.15, -0.1) is 0 Å². The van der Waals surface area contributed by atoms with Crippen molar-refractivity contribution in [3.63, 3.8) is 0 Å². The Bertz CT molecular complexity index is 130. The molecule has 0 spiro atoms. The van der Waals surface area contributed by atoms with Gasteiger partial charge >= 0.3 is 0 Å². The molecular formula is C12H28N2. The zero-order chi connectivity index (χ0) is 11.1. The van der Waals surface area contributed by atoms with E-state index >= 15 is 0 Å². The van der Waals surface area contributed by atoms with Gasteiger partial charge < -0.3 is 10.2 Å². The maximum atomic E-state index is 3.35. The third kappa shape index (κ3) is 5.61. The van der Waals surface area contributed by atoms with Crippen molar-refractivity contribution >= 4 is 0 Å². The number of likely N-dealkylation sites (N-methyl/N-ethyl adjacent to an activating group) is 2. The molecule has 0 radical (unpaired) electrons. The highest BCUT2D eigenvalue weighted by Crippen LogP contribution is 2.10. The standard InChI is InChI=1S/C12H28N2/c1-7-12(13-5)9-14(6)11(4)8-10(2)3/h10-13H,7-9H2,1-6H3. The molecule has 0 aliphatic carbocycles. The zero-order valence-electron chi connectivity index (χ0n) is 10.8. The third-order valence-corrected chi connectivity index (χ3v) is 2.97. The minimum atomic E-state index is 0.634. The lowest BCUT2D eigenvalue weighted by molar-refractivity contribution is 0.206. The Hall–Kier alpha value is -0.0800. The molecule has 2 heteroatoms. The van der Waals surface area contributed by atoms with Gasteiger partial charge in [0.15, 0.2) is 0 Å². The summed E-state index contributed by atoms with van der Waals surface area (Å²) in [4.78, 5) is 2.46. The van der Waals surface area contributed by atoms with Gasteiger partial charge in [0, 0.05) is 18.6 Å². The molecule has 0 aliphatic heterocycles. The van der Waals surface area contributed by atoms with Gasteiger partial charge in [-0.2, -0.15) is 0 Å². The number of hydrogen-bond donors (Lipinski definition) is 1. The van der Waals surface area contributed by atoms with Crippen molar-refractivity contribution in [3.05, 3.63) is 0 Å². The van der Waals surface area contributed by atoms with Crippen LogP contribution in [0.25, 0.3) is 0 Å². The minimum absolute atomic E-state index is 0.634. The Morgan fingerprint density at radius 1 is 1.21 bits per heavy atom. The van der Waals surface area contributed by atoms with Crippen LogP contribution in [0, 0.1) is 5.92 Å². The summed E-state index contributed by atoms with van der Waals surface area (Å²) in [5.41, 5.74) is 0. The fourth-order valence-electron chi connectivity index (χ4n) is 1.81. The molecule has 2 nitrogen and oxygen atoms in total. The zero-order valence-corrected chi connectivity index (χ0v) is 10.8. The maximum Gasteiger partial charge on any atom is 0.0189 e. The van der Waals surface area contributed by atoms with Crippen molar-refractivity contribution in [3.8, 4) is 0 Å². The summed E-state index contributed by atoms with van der Waals surface area (Å²) >= 11 is 0. The van der Waals surface area contributed by atoms with Crippen LogP contribution in [0.5, 0.6) is 0 Å². The summed E-state index contributed by atoms with van der Waals surface area (Å²) < 4.78 is 0. The summed E-state index contributed by atoms with van der Waals surface area (Å²) in [7, 11) is 4.28. The predicted octanol–water partition coefficient (Wildman–Crippen LogP) is 2.35. The van der Waals surface area contributed by atoms with Crippen molar-refractivity contribution in [1.82, 2.24) is 10.2 Å². The molecule has 0 rings (SSSR count). The van der Waals surface area contributed by atoms with Crippen LogP contribution in [-0.2, 0) is 0 Å². The first-order valence-electron chi connectivity index (χ1n) is 5.88. The van der Waals surface area contributed by atoms with E-state index in [0.717, 1.165) is 12.5 Å². The van der Waals surface area contributed by atoms with Crippen LogP contribution in [0.4, 0.5) is 0 Å². The molecule has 1 N–H and O–H groups in total. The number of hydrogen-bond acceptors (Lipinski definition) is 2. The van der Waals surface area contributed by atoms with Crippen molar-refractivity contribution < 1.29 is 0 Å². The molecule has 0 bridgehead atoms. The van der Waals surface area contributed by atoms with Gasteiger partial charge in [0.25, 0.3) is 0 Å². The Balaban J connectivity index is 3.86. The Morgan fingerprint density at radius 3 is 2.14 bits per heavy atom. The lowest BCUT2D eigenvalue weighted by Crippen LogP contribution is -2.41. The van der Waals surface area contributed by atoms with E-state index < -0.39 is 0 Å². The number of nitrogens with zero attached hydrogens (tertiary/aromatic N) is 1. The van der Waals surface area contributed by atoms with Crippen LogP contribution in [-0.4, -0.2) is 37.6 Å². The highest BCUT2D eigenvalue weighted by atomic mass is 15.1. The number of rotatable bonds is 7. The first-order chi connectivity index (χ1) is 6.51. The molecular weight excluding hydrogens is 172 g/mol. The molecule has 0 saturated heterocycles. The molecule has 0 amide bonds. The molecule has 0 aromatic rings.